The van der Waals surface area contributed by atoms with Gasteiger partial charge in [0.15, 0.2) is 0 Å². The van der Waals surface area contributed by atoms with Crippen LogP contribution in [0.15, 0.2) is 48.0 Å². The fourth-order valence-corrected chi connectivity index (χ4v) is 4.70. The number of piperazine rings is 1. The number of thiophene rings is 1. The van der Waals surface area contributed by atoms with E-state index in [0.717, 1.165) is 15.6 Å². The van der Waals surface area contributed by atoms with Crippen LogP contribution in [0.5, 0.6) is 0 Å². The van der Waals surface area contributed by atoms with Crippen molar-refractivity contribution in [3.8, 4) is 9.88 Å². The highest BCUT2D eigenvalue weighted by atomic mass is 32.1. The summed E-state index contributed by atoms with van der Waals surface area (Å²) in [7, 11) is 0. The van der Waals surface area contributed by atoms with Gasteiger partial charge in [0.25, 0.3) is 11.6 Å². The van der Waals surface area contributed by atoms with Crippen molar-refractivity contribution in [2.45, 2.75) is 0 Å². The molecule has 4 rings (SSSR count). The summed E-state index contributed by atoms with van der Waals surface area (Å²) in [5, 5.41) is 13.8. The molecule has 1 aromatic carbocycles. The molecule has 0 N–H and O–H groups in total. The molecule has 1 aliphatic heterocycles. The molecule has 2 aromatic heterocycles. The molecule has 3 aromatic rings. The molecule has 138 valence electrons. The lowest BCUT2D eigenvalue weighted by molar-refractivity contribution is -0.384. The predicted molar refractivity (Wildman–Crippen MR) is 107 cm³/mol. The number of amides is 1. The lowest BCUT2D eigenvalue weighted by Gasteiger charge is -2.35. The first-order chi connectivity index (χ1) is 13.1. The Labute approximate surface area is 163 Å². The minimum atomic E-state index is -0.391. The van der Waals surface area contributed by atoms with Crippen molar-refractivity contribution in [1.82, 2.24) is 9.88 Å². The van der Waals surface area contributed by atoms with Crippen LogP contribution >= 0.6 is 22.7 Å². The van der Waals surface area contributed by atoms with Gasteiger partial charge in [-0.3, -0.25) is 14.9 Å². The van der Waals surface area contributed by atoms with Crippen LogP contribution in [0.1, 0.15) is 9.67 Å². The van der Waals surface area contributed by atoms with E-state index in [1.54, 1.807) is 29.7 Å². The van der Waals surface area contributed by atoms with Crippen LogP contribution in [0.4, 0.5) is 11.4 Å². The zero-order valence-electron chi connectivity index (χ0n) is 14.3. The zero-order chi connectivity index (χ0) is 18.8. The number of benzene rings is 1. The SMILES string of the molecule is O=C(c1cnc(-c2cccs2)s1)N1CCN(c2cccc([N+](=O)[O-])c2)CC1. The van der Waals surface area contributed by atoms with Crippen molar-refractivity contribution in [2.24, 2.45) is 0 Å². The summed E-state index contributed by atoms with van der Waals surface area (Å²) < 4.78 is 0. The van der Waals surface area contributed by atoms with Crippen LogP contribution < -0.4 is 4.90 Å². The molecule has 0 radical (unpaired) electrons. The monoisotopic (exact) mass is 400 g/mol. The lowest BCUT2D eigenvalue weighted by atomic mass is 10.2. The smallest absolute Gasteiger partial charge is 0.271 e. The average Bonchev–Trinajstić information content (AvgIpc) is 3.39. The number of nitrogens with zero attached hydrogens (tertiary/aromatic N) is 4. The Bertz CT molecular complexity index is 963. The second-order valence-corrected chi connectivity index (χ2v) is 8.04. The number of thiazole rings is 1. The van der Waals surface area contributed by atoms with Crippen LogP contribution in [0.3, 0.4) is 0 Å². The summed E-state index contributed by atoms with van der Waals surface area (Å²) in [6.07, 6.45) is 1.65. The maximum Gasteiger partial charge on any atom is 0.271 e. The average molecular weight is 400 g/mol. The molecule has 7 nitrogen and oxygen atoms in total. The van der Waals surface area contributed by atoms with Gasteiger partial charge >= 0.3 is 0 Å². The molecule has 1 saturated heterocycles. The van der Waals surface area contributed by atoms with E-state index in [2.05, 4.69) is 9.88 Å². The summed E-state index contributed by atoms with van der Waals surface area (Å²) in [5.41, 5.74) is 0.894. The minimum Gasteiger partial charge on any atom is -0.368 e. The number of hydrogen-bond donors (Lipinski definition) is 0. The molecular formula is C18H16N4O3S2. The Morgan fingerprint density at radius 1 is 1.15 bits per heavy atom. The topological polar surface area (TPSA) is 79.6 Å². The van der Waals surface area contributed by atoms with Crippen molar-refractivity contribution in [3.63, 3.8) is 0 Å². The van der Waals surface area contributed by atoms with Gasteiger partial charge in [0.2, 0.25) is 0 Å². The highest BCUT2D eigenvalue weighted by Crippen LogP contribution is 2.30. The molecule has 0 aliphatic carbocycles. The van der Waals surface area contributed by atoms with Crippen LogP contribution in [0.25, 0.3) is 9.88 Å². The molecule has 0 unspecified atom stereocenters. The van der Waals surface area contributed by atoms with E-state index in [4.69, 9.17) is 0 Å². The van der Waals surface area contributed by atoms with Gasteiger partial charge in [0.05, 0.1) is 16.0 Å². The first-order valence-corrected chi connectivity index (χ1v) is 10.1. The number of hydrogen-bond acceptors (Lipinski definition) is 7. The third-order valence-electron chi connectivity index (χ3n) is 4.42. The third kappa shape index (κ3) is 3.69. The van der Waals surface area contributed by atoms with Crippen molar-refractivity contribution in [3.05, 3.63) is 63.0 Å². The largest absolute Gasteiger partial charge is 0.368 e. The van der Waals surface area contributed by atoms with Crippen molar-refractivity contribution >= 4 is 40.0 Å². The lowest BCUT2D eigenvalue weighted by Crippen LogP contribution is -2.48. The van der Waals surface area contributed by atoms with E-state index in [1.807, 2.05) is 28.5 Å². The van der Waals surface area contributed by atoms with E-state index < -0.39 is 4.92 Å². The minimum absolute atomic E-state index is 0.00556. The number of rotatable bonds is 4. The molecule has 27 heavy (non-hydrogen) atoms. The predicted octanol–water partition coefficient (Wildman–Crippen LogP) is 3.74. The van der Waals surface area contributed by atoms with E-state index >= 15 is 0 Å². The van der Waals surface area contributed by atoms with Gasteiger partial charge in [-0.2, -0.15) is 0 Å². The highest BCUT2D eigenvalue weighted by molar-refractivity contribution is 7.21. The van der Waals surface area contributed by atoms with E-state index in [1.165, 1.54) is 17.4 Å². The zero-order valence-corrected chi connectivity index (χ0v) is 15.9. The molecular weight excluding hydrogens is 384 g/mol. The Balaban J connectivity index is 1.41. The fraction of sp³-hybridized carbons (Fsp3) is 0.222. The molecule has 3 heterocycles. The van der Waals surface area contributed by atoms with Crippen molar-refractivity contribution < 1.29 is 9.72 Å². The molecule has 0 spiro atoms. The molecule has 0 atom stereocenters. The van der Waals surface area contributed by atoms with Gasteiger partial charge in [-0.1, -0.05) is 12.1 Å². The second-order valence-electron chi connectivity index (χ2n) is 6.06. The summed E-state index contributed by atoms with van der Waals surface area (Å²) in [6, 6.07) is 10.6. The van der Waals surface area contributed by atoms with Crippen LogP contribution in [-0.4, -0.2) is 46.9 Å². The van der Waals surface area contributed by atoms with E-state index in [0.29, 0.717) is 31.1 Å². The Kier molecular flexibility index (Phi) is 4.87. The molecule has 1 aliphatic rings. The van der Waals surface area contributed by atoms with E-state index in [-0.39, 0.29) is 11.6 Å². The fourth-order valence-electron chi connectivity index (χ4n) is 3.01. The quantitative estimate of drug-likeness (QED) is 0.492. The first-order valence-electron chi connectivity index (χ1n) is 8.40. The van der Waals surface area contributed by atoms with Gasteiger partial charge < -0.3 is 9.80 Å². The number of aromatic nitrogens is 1. The maximum absolute atomic E-state index is 12.8. The molecule has 0 saturated carbocycles. The van der Waals surface area contributed by atoms with Crippen molar-refractivity contribution in [2.75, 3.05) is 31.1 Å². The number of anilines is 1. The van der Waals surface area contributed by atoms with Gasteiger partial charge in [0.1, 0.15) is 9.88 Å². The van der Waals surface area contributed by atoms with Gasteiger partial charge in [-0.15, -0.1) is 22.7 Å². The number of non-ortho nitro benzene ring substituents is 1. The number of nitro benzene ring substituents is 1. The number of carbonyl (C=O) groups is 1. The summed E-state index contributed by atoms with van der Waals surface area (Å²) in [6.45, 7) is 2.44. The second kappa shape index (κ2) is 7.45. The first kappa shape index (κ1) is 17.6. The third-order valence-corrected chi connectivity index (χ3v) is 6.45. The van der Waals surface area contributed by atoms with Crippen LogP contribution in [-0.2, 0) is 0 Å². The maximum atomic E-state index is 12.8. The molecule has 0 bridgehead atoms. The molecule has 9 heteroatoms. The summed E-state index contributed by atoms with van der Waals surface area (Å²) >= 11 is 3.02. The Morgan fingerprint density at radius 2 is 1.96 bits per heavy atom. The van der Waals surface area contributed by atoms with Gasteiger partial charge in [-0.05, 0) is 17.5 Å². The number of nitro groups is 1. The summed E-state index contributed by atoms with van der Waals surface area (Å²) in [4.78, 5) is 33.3. The molecule has 1 fully saturated rings. The normalized spacial score (nSPS) is 14.4. The Hall–Kier alpha value is -2.78. The standard InChI is InChI=1S/C18H16N4O3S2/c23-18(16-12-19-17(27-16)15-5-2-10-26-15)21-8-6-20(7-9-21)13-3-1-4-14(11-13)22(24)25/h1-5,10-12H,6-9H2. The summed E-state index contributed by atoms with van der Waals surface area (Å²) in [5.74, 6) is -0.00556. The van der Waals surface area contributed by atoms with Gasteiger partial charge in [-0.25, -0.2) is 4.98 Å². The van der Waals surface area contributed by atoms with Gasteiger partial charge in [0, 0.05) is 44.0 Å². The number of carbonyl (C=O) groups excluding carboxylic acids is 1. The highest BCUT2D eigenvalue weighted by Gasteiger charge is 2.24. The van der Waals surface area contributed by atoms with E-state index in [9.17, 15) is 14.9 Å². The Morgan fingerprint density at radius 3 is 2.67 bits per heavy atom. The van der Waals surface area contributed by atoms with Crippen LogP contribution in [0.2, 0.25) is 0 Å². The van der Waals surface area contributed by atoms with Crippen LogP contribution in [0, 0.1) is 10.1 Å². The molecule has 1 amide bonds. The van der Waals surface area contributed by atoms with Crippen molar-refractivity contribution in [1.29, 1.82) is 0 Å².